The second kappa shape index (κ2) is 10.1. The normalized spacial score (nSPS) is 12.1. The molecule has 0 bridgehead atoms. The standard InChI is InChI=1S/C13H24O4/c1-3-5-7-9-11(13(15)16)17-12(14)10-8-6-4-2/h11H,3-10H2,1-2H3,(H,15,16). The highest BCUT2D eigenvalue weighted by Gasteiger charge is 2.21. The lowest BCUT2D eigenvalue weighted by Gasteiger charge is -2.13. The van der Waals surface area contributed by atoms with Crippen molar-refractivity contribution in [3.05, 3.63) is 0 Å². The van der Waals surface area contributed by atoms with Crippen molar-refractivity contribution >= 4 is 11.9 Å². The van der Waals surface area contributed by atoms with Gasteiger partial charge in [0, 0.05) is 6.42 Å². The van der Waals surface area contributed by atoms with Gasteiger partial charge in [-0.2, -0.15) is 0 Å². The molecule has 17 heavy (non-hydrogen) atoms. The van der Waals surface area contributed by atoms with Gasteiger partial charge in [-0.15, -0.1) is 0 Å². The number of hydrogen-bond acceptors (Lipinski definition) is 3. The maximum Gasteiger partial charge on any atom is 0.345 e. The zero-order chi connectivity index (χ0) is 13.1. The summed E-state index contributed by atoms with van der Waals surface area (Å²) in [6.45, 7) is 4.10. The van der Waals surface area contributed by atoms with E-state index in [4.69, 9.17) is 9.84 Å². The van der Waals surface area contributed by atoms with E-state index in [9.17, 15) is 9.59 Å². The zero-order valence-corrected chi connectivity index (χ0v) is 10.9. The first-order valence-corrected chi connectivity index (χ1v) is 6.54. The summed E-state index contributed by atoms with van der Waals surface area (Å²) >= 11 is 0. The quantitative estimate of drug-likeness (QED) is 0.473. The second-order valence-corrected chi connectivity index (χ2v) is 4.27. The number of hydrogen-bond donors (Lipinski definition) is 1. The van der Waals surface area contributed by atoms with Crippen LogP contribution in [0.1, 0.15) is 65.2 Å². The maximum atomic E-state index is 11.4. The average Bonchev–Trinajstić information content (AvgIpc) is 2.28. The number of carboxylic acid groups (broad SMARTS) is 1. The van der Waals surface area contributed by atoms with Gasteiger partial charge >= 0.3 is 11.9 Å². The van der Waals surface area contributed by atoms with Gasteiger partial charge in [0.25, 0.3) is 0 Å². The van der Waals surface area contributed by atoms with Crippen LogP contribution in [-0.4, -0.2) is 23.1 Å². The number of esters is 1. The molecule has 0 saturated carbocycles. The van der Waals surface area contributed by atoms with Gasteiger partial charge < -0.3 is 9.84 Å². The molecule has 0 aromatic carbocycles. The summed E-state index contributed by atoms with van der Waals surface area (Å²) in [5.41, 5.74) is 0. The van der Waals surface area contributed by atoms with E-state index in [0.717, 1.165) is 38.5 Å². The fraction of sp³-hybridized carbons (Fsp3) is 0.846. The molecule has 0 aliphatic carbocycles. The number of carbonyl (C=O) groups is 2. The van der Waals surface area contributed by atoms with Crippen LogP contribution in [0.4, 0.5) is 0 Å². The molecule has 0 fully saturated rings. The largest absolute Gasteiger partial charge is 0.479 e. The first kappa shape index (κ1) is 15.9. The Morgan fingerprint density at radius 2 is 1.65 bits per heavy atom. The predicted molar refractivity (Wildman–Crippen MR) is 65.8 cm³/mol. The molecule has 4 heteroatoms. The summed E-state index contributed by atoms with van der Waals surface area (Å²) < 4.78 is 4.97. The van der Waals surface area contributed by atoms with Gasteiger partial charge in [0.2, 0.25) is 0 Å². The van der Waals surface area contributed by atoms with Crippen LogP contribution in [0.3, 0.4) is 0 Å². The summed E-state index contributed by atoms with van der Waals surface area (Å²) in [5.74, 6) is -1.42. The Bertz CT molecular complexity index is 225. The van der Waals surface area contributed by atoms with E-state index in [1.165, 1.54) is 0 Å². The third-order valence-electron chi connectivity index (χ3n) is 2.60. The van der Waals surface area contributed by atoms with Gasteiger partial charge in [-0.1, -0.05) is 39.5 Å². The monoisotopic (exact) mass is 244 g/mol. The van der Waals surface area contributed by atoms with Crippen LogP contribution < -0.4 is 0 Å². The molecule has 1 unspecified atom stereocenters. The molecule has 4 nitrogen and oxygen atoms in total. The lowest BCUT2D eigenvalue weighted by molar-refractivity contribution is -0.164. The molecule has 0 rings (SSSR count). The van der Waals surface area contributed by atoms with Crippen molar-refractivity contribution in [2.45, 2.75) is 71.3 Å². The minimum absolute atomic E-state index is 0.325. The first-order valence-electron chi connectivity index (χ1n) is 6.54. The fourth-order valence-electron chi connectivity index (χ4n) is 1.55. The molecule has 0 spiro atoms. The molecule has 0 aliphatic heterocycles. The van der Waals surface area contributed by atoms with E-state index in [1.807, 2.05) is 6.92 Å². The lowest BCUT2D eigenvalue weighted by atomic mass is 10.1. The Morgan fingerprint density at radius 1 is 1.06 bits per heavy atom. The second-order valence-electron chi connectivity index (χ2n) is 4.27. The van der Waals surface area contributed by atoms with Crippen molar-refractivity contribution in [3.63, 3.8) is 0 Å². The summed E-state index contributed by atoms with van der Waals surface area (Å²) in [5, 5.41) is 8.92. The van der Waals surface area contributed by atoms with Crippen LogP contribution in [0.2, 0.25) is 0 Å². The molecular weight excluding hydrogens is 220 g/mol. The van der Waals surface area contributed by atoms with E-state index in [0.29, 0.717) is 12.8 Å². The van der Waals surface area contributed by atoms with Crippen LogP contribution in [0.15, 0.2) is 0 Å². The van der Waals surface area contributed by atoms with Crippen LogP contribution in [0.5, 0.6) is 0 Å². The molecule has 0 saturated heterocycles. The smallest absolute Gasteiger partial charge is 0.345 e. The topological polar surface area (TPSA) is 63.6 Å². The van der Waals surface area contributed by atoms with Crippen LogP contribution in [0.25, 0.3) is 0 Å². The summed E-state index contributed by atoms with van der Waals surface area (Å²) in [6.07, 6.45) is 5.35. The third-order valence-corrected chi connectivity index (χ3v) is 2.60. The summed E-state index contributed by atoms with van der Waals surface area (Å²) in [6, 6.07) is 0. The van der Waals surface area contributed by atoms with Crippen molar-refractivity contribution < 1.29 is 19.4 Å². The first-order chi connectivity index (χ1) is 8.11. The van der Waals surface area contributed by atoms with Gasteiger partial charge in [0.1, 0.15) is 0 Å². The van der Waals surface area contributed by atoms with E-state index in [1.54, 1.807) is 0 Å². The number of ether oxygens (including phenoxy) is 1. The van der Waals surface area contributed by atoms with Gasteiger partial charge in [-0.25, -0.2) is 4.79 Å². The van der Waals surface area contributed by atoms with Crippen LogP contribution in [0, 0.1) is 0 Å². The Balaban J connectivity index is 3.89. The van der Waals surface area contributed by atoms with E-state index < -0.39 is 12.1 Å². The van der Waals surface area contributed by atoms with Crippen molar-refractivity contribution in [2.75, 3.05) is 0 Å². The molecule has 1 N–H and O–H groups in total. The molecule has 1 atom stereocenters. The minimum Gasteiger partial charge on any atom is -0.479 e. The van der Waals surface area contributed by atoms with E-state index >= 15 is 0 Å². The Kier molecular flexibility index (Phi) is 9.49. The van der Waals surface area contributed by atoms with Crippen LogP contribution in [-0.2, 0) is 14.3 Å². The zero-order valence-electron chi connectivity index (χ0n) is 10.9. The maximum absolute atomic E-state index is 11.4. The Hall–Kier alpha value is -1.06. The molecular formula is C13H24O4. The molecule has 100 valence electrons. The Morgan fingerprint density at radius 3 is 2.18 bits per heavy atom. The fourth-order valence-corrected chi connectivity index (χ4v) is 1.55. The number of aliphatic carboxylic acids is 1. The molecule has 0 aromatic rings. The average molecular weight is 244 g/mol. The van der Waals surface area contributed by atoms with Gasteiger partial charge in [-0.05, 0) is 19.3 Å². The van der Waals surface area contributed by atoms with E-state index in [-0.39, 0.29) is 5.97 Å². The highest BCUT2D eigenvalue weighted by Crippen LogP contribution is 2.09. The number of unbranched alkanes of at least 4 members (excludes halogenated alkanes) is 4. The third kappa shape index (κ3) is 8.72. The van der Waals surface area contributed by atoms with E-state index in [2.05, 4.69) is 6.92 Å². The highest BCUT2D eigenvalue weighted by molar-refractivity contribution is 5.77. The lowest BCUT2D eigenvalue weighted by Crippen LogP contribution is -2.26. The molecule has 0 amide bonds. The van der Waals surface area contributed by atoms with Crippen molar-refractivity contribution in [3.8, 4) is 0 Å². The minimum atomic E-state index is -1.04. The Labute approximate surface area is 103 Å². The van der Waals surface area contributed by atoms with Crippen molar-refractivity contribution in [2.24, 2.45) is 0 Å². The number of carboxylic acids is 1. The number of rotatable bonds is 10. The van der Waals surface area contributed by atoms with Gasteiger partial charge in [0.05, 0.1) is 0 Å². The van der Waals surface area contributed by atoms with Gasteiger partial charge in [0.15, 0.2) is 6.10 Å². The molecule has 0 heterocycles. The molecule has 0 aliphatic rings. The molecule has 0 radical (unpaired) electrons. The van der Waals surface area contributed by atoms with Crippen LogP contribution >= 0.6 is 0 Å². The highest BCUT2D eigenvalue weighted by atomic mass is 16.6. The number of carbonyl (C=O) groups excluding carboxylic acids is 1. The SMILES string of the molecule is CCCCCC(=O)OC(CCCCC)C(=O)O. The van der Waals surface area contributed by atoms with Gasteiger partial charge in [-0.3, -0.25) is 4.79 Å². The predicted octanol–water partition coefficient (Wildman–Crippen LogP) is 3.14. The summed E-state index contributed by atoms with van der Waals surface area (Å²) in [4.78, 5) is 22.3. The summed E-state index contributed by atoms with van der Waals surface area (Å²) in [7, 11) is 0. The van der Waals surface area contributed by atoms with Crippen molar-refractivity contribution in [1.29, 1.82) is 0 Å². The molecule has 0 aromatic heterocycles. The van der Waals surface area contributed by atoms with Crippen molar-refractivity contribution in [1.82, 2.24) is 0 Å².